The summed E-state index contributed by atoms with van der Waals surface area (Å²) in [6.07, 6.45) is 1.87. The molecule has 4 heterocycles. The number of nitriles is 1. The Labute approximate surface area is 166 Å². The van der Waals surface area contributed by atoms with E-state index >= 15 is 0 Å². The molecule has 3 aliphatic rings. The number of anilines is 1. The van der Waals surface area contributed by atoms with Crippen LogP contribution in [-0.2, 0) is 19.1 Å². The van der Waals surface area contributed by atoms with Crippen LogP contribution in [0.5, 0.6) is 0 Å². The van der Waals surface area contributed by atoms with Crippen LogP contribution >= 0.6 is 0 Å². The van der Waals surface area contributed by atoms with Crippen LogP contribution in [0.25, 0.3) is 0 Å². The van der Waals surface area contributed by atoms with Crippen molar-refractivity contribution >= 4 is 29.5 Å². The second-order valence-electron chi connectivity index (χ2n) is 7.36. The van der Waals surface area contributed by atoms with Gasteiger partial charge in [0.2, 0.25) is 5.91 Å². The van der Waals surface area contributed by atoms with Gasteiger partial charge in [-0.05, 0) is 25.0 Å². The number of urea groups is 1. The molecule has 0 saturated carbocycles. The summed E-state index contributed by atoms with van der Waals surface area (Å²) >= 11 is 0. The van der Waals surface area contributed by atoms with Crippen LogP contribution in [-0.4, -0.2) is 70.4 Å². The molecule has 4 rings (SSSR count). The van der Waals surface area contributed by atoms with Crippen molar-refractivity contribution in [3.63, 3.8) is 0 Å². The Bertz CT molecular complexity index is 970. The molecule has 1 aromatic heterocycles. The van der Waals surface area contributed by atoms with Crippen molar-refractivity contribution in [3.05, 3.63) is 23.5 Å². The number of esters is 1. The summed E-state index contributed by atoms with van der Waals surface area (Å²) in [5, 5.41) is 9.03. The van der Waals surface area contributed by atoms with E-state index in [-0.39, 0.29) is 30.5 Å². The summed E-state index contributed by atoms with van der Waals surface area (Å²) in [7, 11) is 1.26. The molecule has 10 nitrogen and oxygen atoms in total. The summed E-state index contributed by atoms with van der Waals surface area (Å²) in [5.41, 5.74) is 1.12. The Morgan fingerprint density at radius 2 is 2.10 bits per heavy atom. The van der Waals surface area contributed by atoms with Crippen molar-refractivity contribution in [1.82, 2.24) is 14.8 Å². The van der Waals surface area contributed by atoms with Gasteiger partial charge in [0.1, 0.15) is 17.8 Å². The average molecular weight is 397 g/mol. The maximum Gasteiger partial charge on any atom is 0.332 e. The number of amides is 4. The standard InChI is InChI=1S/C19H19N5O5/c1-10-5-11(8-21-13(10)7-20)24-18(27)17-14-6-12(23(17)19(24)28)9-22(14)15(25)3-4-16(26)29-2/h5,8,12,14,17H,3-4,6,9H2,1-2H3/t12-,14?,17+/m1/s1. The molecule has 2 bridgehead atoms. The van der Waals surface area contributed by atoms with E-state index in [1.165, 1.54) is 13.3 Å². The van der Waals surface area contributed by atoms with Crippen molar-refractivity contribution in [2.24, 2.45) is 0 Å². The second kappa shape index (κ2) is 6.84. The van der Waals surface area contributed by atoms with Crippen LogP contribution in [0.3, 0.4) is 0 Å². The van der Waals surface area contributed by atoms with Crippen LogP contribution in [0, 0.1) is 18.3 Å². The topological polar surface area (TPSA) is 124 Å². The fourth-order valence-electron chi connectivity index (χ4n) is 4.44. The average Bonchev–Trinajstić information content (AvgIpc) is 3.37. The van der Waals surface area contributed by atoms with Gasteiger partial charge in [0.05, 0.1) is 37.5 Å². The Morgan fingerprint density at radius 1 is 1.34 bits per heavy atom. The van der Waals surface area contributed by atoms with Crippen LogP contribution in [0.1, 0.15) is 30.5 Å². The van der Waals surface area contributed by atoms with Gasteiger partial charge in [0.15, 0.2) is 0 Å². The molecule has 3 fully saturated rings. The van der Waals surface area contributed by atoms with Crippen molar-refractivity contribution in [3.8, 4) is 6.07 Å². The highest BCUT2D eigenvalue weighted by Crippen LogP contribution is 2.42. The first-order chi connectivity index (χ1) is 13.9. The minimum Gasteiger partial charge on any atom is -0.469 e. The van der Waals surface area contributed by atoms with E-state index in [1.54, 1.807) is 22.8 Å². The van der Waals surface area contributed by atoms with Crippen molar-refractivity contribution in [1.29, 1.82) is 5.26 Å². The highest BCUT2D eigenvalue weighted by molar-refractivity contribution is 6.22. The molecular formula is C19H19N5O5. The molecule has 0 aromatic carbocycles. The van der Waals surface area contributed by atoms with Gasteiger partial charge in [-0.2, -0.15) is 5.26 Å². The number of hydrogen-bond acceptors (Lipinski definition) is 7. The molecule has 150 valence electrons. The maximum atomic E-state index is 13.1. The van der Waals surface area contributed by atoms with Gasteiger partial charge in [-0.15, -0.1) is 0 Å². The molecule has 1 aromatic rings. The van der Waals surface area contributed by atoms with Gasteiger partial charge < -0.3 is 14.5 Å². The lowest BCUT2D eigenvalue weighted by atomic mass is 10.1. The van der Waals surface area contributed by atoms with Gasteiger partial charge in [0, 0.05) is 13.0 Å². The quantitative estimate of drug-likeness (QED) is 0.530. The lowest BCUT2D eigenvalue weighted by molar-refractivity contribution is -0.144. The summed E-state index contributed by atoms with van der Waals surface area (Å²) in [6, 6.07) is 1.74. The Kier molecular flexibility index (Phi) is 4.45. The number of carbonyl (C=O) groups excluding carboxylic acids is 4. The number of imide groups is 1. The smallest absolute Gasteiger partial charge is 0.332 e. The molecule has 0 spiro atoms. The number of aryl methyl sites for hydroxylation is 1. The molecule has 3 aliphatic heterocycles. The minimum absolute atomic E-state index is 0.00714. The summed E-state index contributed by atoms with van der Waals surface area (Å²) < 4.78 is 4.57. The van der Waals surface area contributed by atoms with Crippen LogP contribution < -0.4 is 4.90 Å². The van der Waals surface area contributed by atoms with Gasteiger partial charge in [0.25, 0.3) is 5.91 Å². The van der Waals surface area contributed by atoms with E-state index in [0.29, 0.717) is 24.2 Å². The van der Waals surface area contributed by atoms with E-state index < -0.39 is 30.0 Å². The number of carbonyl (C=O) groups is 4. The first kappa shape index (κ1) is 18.9. The molecule has 0 N–H and O–H groups in total. The number of likely N-dealkylation sites (tertiary alicyclic amines) is 1. The molecule has 1 unspecified atom stereocenters. The molecule has 4 amide bonds. The van der Waals surface area contributed by atoms with Crippen LogP contribution in [0.2, 0.25) is 0 Å². The van der Waals surface area contributed by atoms with Gasteiger partial charge in [-0.1, -0.05) is 0 Å². The summed E-state index contributed by atoms with van der Waals surface area (Å²) in [5.74, 6) is -1.10. The molecule has 3 atom stereocenters. The van der Waals surface area contributed by atoms with E-state index in [2.05, 4.69) is 9.72 Å². The van der Waals surface area contributed by atoms with Gasteiger partial charge >= 0.3 is 12.0 Å². The number of ether oxygens (including phenoxy) is 1. The molecule has 29 heavy (non-hydrogen) atoms. The third-order valence-electron chi connectivity index (χ3n) is 5.78. The van der Waals surface area contributed by atoms with E-state index in [1.807, 2.05) is 6.07 Å². The van der Waals surface area contributed by atoms with E-state index in [4.69, 9.17) is 5.26 Å². The number of pyridine rings is 1. The normalized spacial score (nSPS) is 24.7. The summed E-state index contributed by atoms with van der Waals surface area (Å²) in [4.78, 5) is 58.1. The lowest BCUT2D eigenvalue weighted by Gasteiger charge is -2.34. The minimum atomic E-state index is -0.737. The SMILES string of the molecule is COC(=O)CCC(=O)N1C[C@H]2CC1[C@H]1C(=O)N(c3cnc(C#N)c(C)c3)C(=O)N21. The number of fused-ring (bicyclic) bond motifs is 5. The third kappa shape index (κ3) is 2.81. The number of nitrogens with zero attached hydrogens (tertiary/aromatic N) is 5. The Morgan fingerprint density at radius 3 is 2.76 bits per heavy atom. The molecule has 10 heteroatoms. The maximum absolute atomic E-state index is 13.1. The van der Waals surface area contributed by atoms with Gasteiger partial charge in [-0.3, -0.25) is 14.4 Å². The van der Waals surface area contributed by atoms with Crippen molar-refractivity contribution < 1.29 is 23.9 Å². The van der Waals surface area contributed by atoms with Crippen LogP contribution in [0.4, 0.5) is 10.5 Å². The fraction of sp³-hybridized carbons (Fsp3) is 0.474. The number of methoxy groups -OCH3 is 1. The fourth-order valence-corrected chi connectivity index (χ4v) is 4.44. The largest absolute Gasteiger partial charge is 0.469 e. The predicted octanol–water partition coefficient (Wildman–Crippen LogP) is 0.335. The number of rotatable bonds is 4. The monoisotopic (exact) mass is 397 g/mol. The van der Waals surface area contributed by atoms with E-state index in [0.717, 1.165) is 4.90 Å². The zero-order chi connectivity index (χ0) is 20.9. The number of piperazine rings is 1. The zero-order valence-electron chi connectivity index (χ0n) is 16.0. The highest BCUT2D eigenvalue weighted by atomic mass is 16.5. The zero-order valence-corrected chi connectivity index (χ0v) is 16.0. The molecular weight excluding hydrogens is 378 g/mol. The first-order valence-electron chi connectivity index (χ1n) is 9.26. The molecule has 0 aliphatic carbocycles. The number of hydrogen-bond donors (Lipinski definition) is 0. The Balaban J connectivity index is 1.55. The predicted molar refractivity (Wildman–Crippen MR) is 97.4 cm³/mol. The van der Waals surface area contributed by atoms with Gasteiger partial charge in [-0.25, -0.2) is 14.7 Å². The second-order valence-corrected chi connectivity index (χ2v) is 7.36. The molecule has 0 radical (unpaired) electrons. The molecule has 3 saturated heterocycles. The van der Waals surface area contributed by atoms with Crippen molar-refractivity contribution in [2.45, 2.75) is 44.3 Å². The van der Waals surface area contributed by atoms with Crippen LogP contribution in [0.15, 0.2) is 12.3 Å². The lowest BCUT2D eigenvalue weighted by Crippen LogP contribution is -2.54. The summed E-state index contributed by atoms with van der Waals surface area (Å²) in [6.45, 7) is 2.03. The van der Waals surface area contributed by atoms with E-state index in [9.17, 15) is 19.2 Å². The van der Waals surface area contributed by atoms with Crippen molar-refractivity contribution in [2.75, 3.05) is 18.6 Å². The third-order valence-corrected chi connectivity index (χ3v) is 5.78. The Hall–Kier alpha value is -3.48. The first-order valence-corrected chi connectivity index (χ1v) is 9.26. The highest BCUT2D eigenvalue weighted by Gasteiger charge is 2.62. The number of aromatic nitrogens is 1.